The summed E-state index contributed by atoms with van der Waals surface area (Å²) >= 11 is 0. The summed E-state index contributed by atoms with van der Waals surface area (Å²) in [5, 5.41) is 15.2. The van der Waals surface area contributed by atoms with E-state index in [-0.39, 0.29) is 12.3 Å². The normalized spacial score (nSPS) is 14.8. The van der Waals surface area contributed by atoms with Crippen molar-refractivity contribution in [2.24, 2.45) is 5.16 Å². The van der Waals surface area contributed by atoms with Crippen LogP contribution in [0.4, 0.5) is 5.69 Å². The number of fused-ring (bicyclic) bond motifs is 1. The molecule has 1 aliphatic rings. The van der Waals surface area contributed by atoms with Crippen LogP contribution in [0.5, 0.6) is 0 Å². The Morgan fingerprint density at radius 2 is 2.14 bits per heavy atom. The van der Waals surface area contributed by atoms with E-state index in [2.05, 4.69) is 17.4 Å². The zero-order valence-corrected chi connectivity index (χ0v) is 12.6. The number of aliphatic carboxylic acids is 1. The van der Waals surface area contributed by atoms with Gasteiger partial charge in [0.2, 0.25) is 0 Å². The average molecular weight is 304 g/mol. The number of benzene rings is 1. The largest absolute Gasteiger partial charge is 0.481 e. The van der Waals surface area contributed by atoms with Gasteiger partial charge in [0.15, 0.2) is 5.71 Å². The summed E-state index contributed by atoms with van der Waals surface area (Å²) < 4.78 is 0. The smallest absolute Gasteiger partial charge is 0.303 e. The second-order valence-electron chi connectivity index (χ2n) is 5.17. The molecule has 0 aliphatic carbocycles. The zero-order valence-electron chi connectivity index (χ0n) is 12.6. The number of carboxylic acids is 1. The number of unbranched alkanes of at least 4 members (excludes halogenated alkanes) is 2. The Morgan fingerprint density at radius 1 is 1.32 bits per heavy atom. The van der Waals surface area contributed by atoms with Crippen molar-refractivity contribution < 1.29 is 19.5 Å². The molecule has 0 unspecified atom stereocenters. The molecule has 0 saturated heterocycles. The molecule has 22 heavy (non-hydrogen) atoms. The van der Waals surface area contributed by atoms with Gasteiger partial charge in [0.05, 0.1) is 5.69 Å². The van der Waals surface area contributed by atoms with Gasteiger partial charge in [-0.2, -0.15) is 0 Å². The molecule has 2 N–H and O–H groups in total. The van der Waals surface area contributed by atoms with Crippen LogP contribution in [-0.2, 0) is 20.8 Å². The third-order valence-corrected chi connectivity index (χ3v) is 3.49. The number of carbonyl (C=O) groups excluding carboxylic acids is 1. The number of hydrogen-bond donors (Lipinski definition) is 2. The first-order chi connectivity index (χ1) is 10.6. The van der Waals surface area contributed by atoms with Crippen LogP contribution in [0.25, 0.3) is 0 Å². The van der Waals surface area contributed by atoms with Crippen molar-refractivity contribution in [2.75, 3.05) is 11.9 Å². The van der Waals surface area contributed by atoms with E-state index < -0.39 is 5.97 Å². The lowest BCUT2D eigenvalue weighted by molar-refractivity contribution is -0.137. The van der Waals surface area contributed by atoms with Crippen molar-refractivity contribution in [3.8, 4) is 0 Å². The van der Waals surface area contributed by atoms with Crippen molar-refractivity contribution in [3.05, 3.63) is 29.3 Å². The van der Waals surface area contributed by atoms with E-state index in [0.717, 1.165) is 29.7 Å². The molecular weight excluding hydrogens is 284 g/mol. The highest BCUT2D eigenvalue weighted by Gasteiger charge is 2.26. The number of hydrogen-bond acceptors (Lipinski definition) is 4. The average Bonchev–Trinajstić information content (AvgIpc) is 2.80. The van der Waals surface area contributed by atoms with E-state index in [0.29, 0.717) is 25.2 Å². The van der Waals surface area contributed by atoms with Gasteiger partial charge in [0.25, 0.3) is 5.91 Å². The number of rotatable bonds is 8. The van der Waals surface area contributed by atoms with Gasteiger partial charge >= 0.3 is 5.97 Å². The molecule has 0 radical (unpaired) electrons. The number of amides is 1. The van der Waals surface area contributed by atoms with Crippen LogP contribution in [0, 0.1) is 0 Å². The van der Waals surface area contributed by atoms with Gasteiger partial charge in [-0.25, -0.2) is 0 Å². The van der Waals surface area contributed by atoms with Gasteiger partial charge in [-0.1, -0.05) is 24.2 Å². The van der Waals surface area contributed by atoms with E-state index >= 15 is 0 Å². The molecule has 1 amide bonds. The minimum absolute atomic E-state index is 0.171. The number of nitrogens with zero attached hydrogens (tertiary/aromatic N) is 1. The highest BCUT2D eigenvalue weighted by Crippen LogP contribution is 2.25. The summed E-state index contributed by atoms with van der Waals surface area (Å²) in [6.07, 6.45) is 3.18. The maximum Gasteiger partial charge on any atom is 0.303 e. The number of nitrogens with one attached hydrogen (secondary N) is 1. The third kappa shape index (κ3) is 4.07. The molecule has 0 spiro atoms. The summed E-state index contributed by atoms with van der Waals surface area (Å²) in [5.74, 6) is -1.04. The highest BCUT2D eigenvalue weighted by atomic mass is 16.6. The molecule has 2 rings (SSSR count). The van der Waals surface area contributed by atoms with Crippen molar-refractivity contribution in [2.45, 2.75) is 39.0 Å². The maximum absolute atomic E-state index is 11.9. The Kier molecular flexibility index (Phi) is 5.52. The van der Waals surface area contributed by atoms with E-state index in [1.54, 1.807) is 0 Å². The van der Waals surface area contributed by atoms with Crippen molar-refractivity contribution in [3.63, 3.8) is 0 Å². The Labute approximate surface area is 129 Å². The van der Waals surface area contributed by atoms with Crippen LogP contribution in [0.15, 0.2) is 23.4 Å². The Hall–Kier alpha value is -2.37. The van der Waals surface area contributed by atoms with Crippen molar-refractivity contribution >= 4 is 23.3 Å². The quantitative estimate of drug-likeness (QED) is 0.570. The van der Waals surface area contributed by atoms with Gasteiger partial charge in [0, 0.05) is 12.0 Å². The third-order valence-electron chi connectivity index (χ3n) is 3.49. The highest BCUT2D eigenvalue weighted by molar-refractivity contribution is 6.53. The maximum atomic E-state index is 11.9. The summed E-state index contributed by atoms with van der Waals surface area (Å²) in [6.45, 7) is 2.43. The summed E-state index contributed by atoms with van der Waals surface area (Å²) in [6, 6.07) is 5.79. The molecule has 6 nitrogen and oxygen atoms in total. The lowest BCUT2D eigenvalue weighted by Gasteiger charge is -2.02. The molecular formula is C16H20N2O4. The first-order valence-corrected chi connectivity index (χ1v) is 7.48. The van der Waals surface area contributed by atoms with Crippen LogP contribution >= 0.6 is 0 Å². The van der Waals surface area contributed by atoms with E-state index in [4.69, 9.17) is 9.94 Å². The minimum Gasteiger partial charge on any atom is -0.481 e. The minimum atomic E-state index is -0.785. The molecule has 0 saturated carbocycles. The molecule has 1 aliphatic heterocycles. The van der Waals surface area contributed by atoms with E-state index in [9.17, 15) is 9.59 Å². The van der Waals surface area contributed by atoms with Crippen LogP contribution < -0.4 is 5.32 Å². The van der Waals surface area contributed by atoms with E-state index in [1.165, 1.54) is 0 Å². The van der Waals surface area contributed by atoms with Gasteiger partial charge < -0.3 is 15.3 Å². The number of anilines is 1. The lowest BCUT2D eigenvalue weighted by atomic mass is 10.1. The molecule has 0 fully saturated rings. The number of carboxylic acid groups (broad SMARTS) is 1. The Morgan fingerprint density at radius 3 is 2.86 bits per heavy atom. The monoisotopic (exact) mass is 304 g/mol. The number of aryl methyl sites for hydroxylation is 1. The Balaban J connectivity index is 1.85. The molecule has 0 aromatic heterocycles. The predicted molar refractivity (Wildman–Crippen MR) is 83.0 cm³/mol. The molecule has 1 heterocycles. The van der Waals surface area contributed by atoms with Gasteiger partial charge in [0.1, 0.15) is 6.61 Å². The van der Waals surface area contributed by atoms with Crippen LogP contribution in [0.2, 0.25) is 0 Å². The fraction of sp³-hybridized carbons (Fsp3) is 0.438. The number of oxime groups is 1. The molecule has 1 aromatic rings. The SMILES string of the molecule is CCc1ccc2c(c1)NC(=O)C2=NOCCCCCC(=O)O. The van der Waals surface area contributed by atoms with Crippen molar-refractivity contribution in [1.82, 2.24) is 0 Å². The predicted octanol–water partition coefficient (Wildman–Crippen LogP) is 2.57. The van der Waals surface area contributed by atoms with Crippen molar-refractivity contribution in [1.29, 1.82) is 0 Å². The van der Waals surface area contributed by atoms with Gasteiger partial charge in [-0.05, 0) is 37.3 Å². The van der Waals surface area contributed by atoms with Crippen LogP contribution in [0.3, 0.4) is 0 Å². The second-order valence-corrected chi connectivity index (χ2v) is 5.17. The summed E-state index contributed by atoms with van der Waals surface area (Å²) in [5.41, 5.74) is 2.98. The standard InChI is InChI=1S/C16H20N2O4/c1-2-11-7-8-12-13(10-11)17-16(21)15(12)18-22-9-5-3-4-6-14(19)20/h7-8,10H,2-6,9H2,1H3,(H,19,20)(H,17,18,21). The number of carbonyl (C=O) groups is 2. The fourth-order valence-electron chi connectivity index (χ4n) is 2.25. The Bertz CT molecular complexity index is 596. The second kappa shape index (κ2) is 7.59. The topological polar surface area (TPSA) is 88.0 Å². The molecule has 1 aromatic carbocycles. The van der Waals surface area contributed by atoms with Gasteiger partial charge in [-0.3, -0.25) is 9.59 Å². The first-order valence-electron chi connectivity index (χ1n) is 7.48. The lowest BCUT2D eigenvalue weighted by Crippen LogP contribution is -2.14. The summed E-state index contributed by atoms with van der Waals surface area (Å²) in [7, 11) is 0. The zero-order chi connectivity index (χ0) is 15.9. The van der Waals surface area contributed by atoms with E-state index in [1.807, 2.05) is 18.2 Å². The molecule has 0 atom stereocenters. The molecule has 118 valence electrons. The summed E-state index contributed by atoms with van der Waals surface area (Å²) in [4.78, 5) is 27.4. The molecule has 0 bridgehead atoms. The van der Waals surface area contributed by atoms with Crippen LogP contribution in [-0.4, -0.2) is 29.3 Å². The first kappa shape index (κ1) is 16.0. The fourth-order valence-corrected chi connectivity index (χ4v) is 2.25. The van der Waals surface area contributed by atoms with Gasteiger partial charge in [-0.15, -0.1) is 0 Å². The van der Waals surface area contributed by atoms with Crippen LogP contribution in [0.1, 0.15) is 43.7 Å². The molecule has 6 heteroatoms.